The van der Waals surface area contributed by atoms with E-state index in [9.17, 15) is 9.18 Å². The lowest BCUT2D eigenvalue weighted by Gasteiger charge is -2.02. The molecule has 0 unspecified atom stereocenters. The maximum absolute atomic E-state index is 12.7. The molecule has 0 amide bonds. The van der Waals surface area contributed by atoms with E-state index in [0.29, 0.717) is 5.69 Å². The highest BCUT2D eigenvalue weighted by atomic mass is 19.1. The van der Waals surface area contributed by atoms with Crippen molar-refractivity contribution in [3.63, 3.8) is 0 Å². The molecule has 76 valence electrons. The standard InChI is InChI=1S/C12H10FNO/c1-8-6-11(15)7-12(14-8)9-2-4-10(13)5-3-9/h2-7H,1H3,(H,14,15). The van der Waals surface area contributed by atoms with Crippen LogP contribution in [0.15, 0.2) is 41.2 Å². The first-order valence-electron chi connectivity index (χ1n) is 4.62. The number of aromatic amines is 1. The number of aromatic nitrogens is 1. The summed E-state index contributed by atoms with van der Waals surface area (Å²) in [6.45, 7) is 1.81. The van der Waals surface area contributed by atoms with E-state index in [2.05, 4.69) is 4.98 Å². The van der Waals surface area contributed by atoms with Crippen molar-refractivity contribution in [2.75, 3.05) is 0 Å². The fourth-order valence-corrected chi connectivity index (χ4v) is 1.47. The van der Waals surface area contributed by atoms with Crippen LogP contribution in [0, 0.1) is 12.7 Å². The SMILES string of the molecule is Cc1cc(=O)cc(-c2ccc(F)cc2)[nH]1. The van der Waals surface area contributed by atoms with Crippen LogP contribution in [0.3, 0.4) is 0 Å². The number of hydrogen-bond acceptors (Lipinski definition) is 1. The van der Waals surface area contributed by atoms with Crippen molar-refractivity contribution < 1.29 is 4.39 Å². The van der Waals surface area contributed by atoms with Crippen LogP contribution in [0.5, 0.6) is 0 Å². The minimum atomic E-state index is -0.284. The second kappa shape index (κ2) is 3.69. The summed E-state index contributed by atoms with van der Waals surface area (Å²) in [5.74, 6) is -0.284. The average Bonchev–Trinajstić information content (AvgIpc) is 2.17. The Labute approximate surface area is 86.4 Å². The summed E-state index contributed by atoms with van der Waals surface area (Å²) in [5, 5.41) is 0. The van der Waals surface area contributed by atoms with Crippen LogP contribution in [0.4, 0.5) is 4.39 Å². The molecule has 2 aromatic rings. The number of benzene rings is 1. The van der Waals surface area contributed by atoms with Gasteiger partial charge in [-0.2, -0.15) is 0 Å². The molecule has 1 heterocycles. The Bertz CT molecular complexity index is 528. The second-order valence-corrected chi connectivity index (χ2v) is 3.42. The van der Waals surface area contributed by atoms with E-state index in [4.69, 9.17) is 0 Å². The fourth-order valence-electron chi connectivity index (χ4n) is 1.47. The minimum absolute atomic E-state index is 0.0504. The van der Waals surface area contributed by atoms with Crippen LogP contribution in [-0.2, 0) is 0 Å². The molecule has 0 spiro atoms. The zero-order chi connectivity index (χ0) is 10.8. The van der Waals surface area contributed by atoms with Crippen LogP contribution < -0.4 is 5.43 Å². The van der Waals surface area contributed by atoms with E-state index in [1.807, 2.05) is 6.92 Å². The predicted octanol–water partition coefficient (Wildman–Crippen LogP) is 2.49. The molecule has 3 heteroatoms. The van der Waals surface area contributed by atoms with Gasteiger partial charge in [0.2, 0.25) is 0 Å². The summed E-state index contributed by atoms with van der Waals surface area (Å²) < 4.78 is 12.7. The molecule has 0 fully saturated rings. The van der Waals surface area contributed by atoms with Crippen molar-refractivity contribution in [3.05, 3.63) is 58.1 Å². The van der Waals surface area contributed by atoms with Gasteiger partial charge in [-0.3, -0.25) is 4.79 Å². The van der Waals surface area contributed by atoms with Crippen molar-refractivity contribution in [2.24, 2.45) is 0 Å². The second-order valence-electron chi connectivity index (χ2n) is 3.42. The lowest BCUT2D eigenvalue weighted by atomic mass is 10.1. The van der Waals surface area contributed by atoms with Crippen molar-refractivity contribution in [3.8, 4) is 11.3 Å². The summed E-state index contributed by atoms with van der Waals surface area (Å²) in [6, 6.07) is 9.04. The van der Waals surface area contributed by atoms with Crippen LogP contribution in [-0.4, -0.2) is 4.98 Å². The Morgan fingerprint density at radius 1 is 1.13 bits per heavy atom. The number of aryl methyl sites for hydroxylation is 1. The highest BCUT2D eigenvalue weighted by Crippen LogP contribution is 2.15. The summed E-state index contributed by atoms with van der Waals surface area (Å²) >= 11 is 0. The number of halogens is 1. The molecule has 1 aromatic carbocycles. The quantitative estimate of drug-likeness (QED) is 0.758. The van der Waals surface area contributed by atoms with Crippen LogP contribution in [0.2, 0.25) is 0 Å². The molecule has 1 N–H and O–H groups in total. The number of rotatable bonds is 1. The van der Waals surface area contributed by atoms with E-state index < -0.39 is 0 Å². The smallest absolute Gasteiger partial charge is 0.182 e. The predicted molar refractivity (Wildman–Crippen MR) is 57.2 cm³/mol. The van der Waals surface area contributed by atoms with Gasteiger partial charge in [0.15, 0.2) is 5.43 Å². The molecule has 0 aliphatic carbocycles. The van der Waals surface area contributed by atoms with Gasteiger partial charge >= 0.3 is 0 Å². The van der Waals surface area contributed by atoms with Crippen LogP contribution in [0.1, 0.15) is 5.69 Å². The van der Waals surface area contributed by atoms with Crippen LogP contribution >= 0.6 is 0 Å². The van der Waals surface area contributed by atoms with E-state index in [1.165, 1.54) is 24.3 Å². The molecule has 1 aromatic heterocycles. The molecule has 0 saturated heterocycles. The largest absolute Gasteiger partial charge is 0.358 e. The first kappa shape index (κ1) is 9.65. The summed E-state index contributed by atoms with van der Waals surface area (Å²) in [7, 11) is 0. The Balaban J connectivity index is 2.54. The molecule has 0 bridgehead atoms. The molecule has 0 aliphatic heterocycles. The van der Waals surface area contributed by atoms with Crippen molar-refractivity contribution in [2.45, 2.75) is 6.92 Å². The summed E-state index contributed by atoms with van der Waals surface area (Å²) in [5.41, 5.74) is 2.25. The van der Waals surface area contributed by atoms with Crippen molar-refractivity contribution in [1.82, 2.24) is 4.98 Å². The Kier molecular flexibility index (Phi) is 2.37. The third-order valence-corrected chi connectivity index (χ3v) is 2.13. The van der Waals surface area contributed by atoms with Crippen LogP contribution in [0.25, 0.3) is 11.3 Å². The van der Waals surface area contributed by atoms with Gasteiger partial charge in [0.25, 0.3) is 0 Å². The maximum Gasteiger partial charge on any atom is 0.182 e. The van der Waals surface area contributed by atoms with E-state index in [0.717, 1.165) is 11.3 Å². The monoisotopic (exact) mass is 203 g/mol. The van der Waals surface area contributed by atoms with Crippen molar-refractivity contribution >= 4 is 0 Å². The van der Waals surface area contributed by atoms with Gasteiger partial charge in [0, 0.05) is 23.5 Å². The van der Waals surface area contributed by atoms with Gasteiger partial charge in [-0.15, -0.1) is 0 Å². The molecular weight excluding hydrogens is 193 g/mol. The molecule has 2 rings (SSSR count). The third kappa shape index (κ3) is 2.13. The molecule has 0 radical (unpaired) electrons. The van der Waals surface area contributed by atoms with E-state index in [1.54, 1.807) is 12.1 Å². The van der Waals surface area contributed by atoms with Crippen molar-refractivity contribution in [1.29, 1.82) is 0 Å². The maximum atomic E-state index is 12.7. The van der Waals surface area contributed by atoms with Gasteiger partial charge in [0.05, 0.1) is 0 Å². The van der Waals surface area contributed by atoms with Gasteiger partial charge in [-0.1, -0.05) is 0 Å². The normalized spacial score (nSPS) is 10.3. The lowest BCUT2D eigenvalue weighted by molar-refractivity contribution is 0.628. The van der Waals surface area contributed by atoms with E-state index in [-0.39, 0.29) is 11.2 Å². The minimum Gasteiger partial charge on any atom is -0.358 e. The molecule has 0 aliphatic rings. The summed E-state index contributed by atoms with van der Waals surface area (Å²) in [6.07, 6.45) is 0. The Morgan fingerprint density at radius 3 is 2.40 bits per heavy atom. The highest BCUT2D eigenvalue weighted by molar-refractivity contribution is 5.58. The lowest BCUT2D eigenvalue weighted by Crippen LogP contribution is -2.01. The van der Waals surface area contributed by atoms with Gasteiger partial charge in [-0.05, 0) is 36.8 Å². The fraction of sp³-hybridized carbons (Fsp3) is 0.0833. The van der Waals surface area contributed by atoms with Gasteiger partial charge < -0.3 is 4.98 Å². The molecular formula is C12H10FNO. The molecule has 2 nitrogen and oxygen atoms in total. The topological polar surface area (TPSA) is 32.9 Å². The van der Waals surface area contributed by atoms with Gasteiger partial charge in [0.1, 0.15) is 5.82 Å². The zero-order valence-corrected chi connectivity index (χ0v) is 8.25. The number of nitrogens with one attached hydrogen (secondary N) is 1. The van der Waals surface area contributed by atoms with E-state index >= 15 is 0 Å². The Morgan fingerprint density at radius 2 is 1.80 bits per heavy atom. The number of H-pyrrole nitrogens is 1. The van der Waals surface area contributed by atoms with Gasteiger partial charge in [-0.25, -0.2) is 4.39 Å². The highest BCUT2D eigenvalue weighted by Gasteiger charge is 2.00. The first-order valence-corrected chi connectivity index (χ1v) is 4.62. The zero-order valence-electron chi connectivity index (χ0n) is 8.25. The first-order chi connectivity index (χ1) is 7.15. The average molecular weight is 203 g/mol. The summed E-state index contributed by atoms with van der Waals surface area (Å²) in [4.78, 5) is 14.3. The molecule has 15 heavy (non-hydrogen) atoms. The molecule has 0 atom stereocenters. The Hall–Kier alpha value is -1.90. The third-order valence-electron chi connectivity index (χ3n) is 2.13. The molecule has 0 saturated carbocycles. The number of hydrogen-bond donors (Lipinski definition) is 1. The number of pyridine rings is 1.